The van der Waals surface area contributed by atoms with Gasteiger partial charge in [-0.3, -0.25) is 0 Å². The summed E-state index contributed by atoms with van der Waals surface area (Å²) in [6.45, 7) is 0.0808. The molecular formula is C11H9ClFN3. The van der Waals surface area contributed by atoms with Gasteiger partial charge in [-0.1, -0.05) is 0 Å². The predicted octanol–water partition coefficient (Wildman–Crippen LogP) is 2.42. The Labute approximate surface area is 98.3 Å². The second-order valence-corrected chi connectivity index (χ2v) is 3.39. The third kappa shape index (κ3) is 3.12. The fraction of sp³-hybridized carbons (Fsp3) is 0.273. The standard InChI is InChI=1S/C11H9ClFN3/c12-8-9-5-10(13)7-11(6-9)16(3-1-14)4-2-15/h5-7H,3-4,8H2. The third-order valence-corrected chi connectivity index (χ3v) is 2.29. The van der Waals surface area contributed by atoms with Gasteiger partial charge in [0, 0.05) is 11.6 Å². The molecule has 0 saturated carbocycles. The Morgan fingerprint density at radius 1 is 1.19 bits per heavy atom. The minimum Gasteiger partial charge on any atom is -0.345 e. The highest BCUT2D eigenvalue weighted by Gasteiger charge is 2.08. The normalized spacial score (nSPS) is 9.25. The average Bonchev–Trinajstić information content (AvgIpc) is 2.28. The molecule has 0 saturated heterocycles. The van der Waals surface area contributed by atoms with Crippen molar-refractivity contribution < 1.29 is 4.39 Å². The van der Waals surface area contributed by atoms with Gasteiger partial charge in [-0.2, -0.15) is 10.5 Å². The van der Waals surface area contributed by atoms with Gasteiger partial charge in [0.05, 0.1) is 12.1 Å². The number of nitrogens with zero attached hydrogens (tertiary/aromatic N) is 3. The van der Waals surface area contributed by atoms with E-state index in [1.165, 1.54) is 17.0 Å². The number of halogens is 2. The number of benzene rings is 1. The van der Waals surface area contributed by atoms with Gasteiger partial charge in [-0.15, -0.1) is 11.6 Å². The molecule has 0 unspecified atom stereocenters. The molecular weight excluding hydrogens is 229 g/mol. The number of hydrogen-bond donors (Lipinski definition) is 0. The van der Waals surface area contributed by atoms with Crippen LogP contribution in [0.3, 0.4) is 0 Å². The van der Waals surface area contributed by atoms with Gasteiger partial charge in [0.15, 0.2) is 0 Å². The molecule has 0 aliphatic carbocycles. The zero-order valence-electron chi connectivity index (χ0n) is 8.45. The van der Waals surface area contributed by atoms with Crippen LogP contribution >= 0.6 is 11.6 Å². The highest BCUT2D eigenvalue weighted by atomic mass is 35.5. The lowest BCUT2D eigenvalue weighted by Gasteiger charge is -2.18. The quantitative estimate of drug-likeness (QED) is 0.597. The van der Waals surface area contributed by atoms with Crippen molar-refractivity contribution >= 4 is 17.3 Å². The molecule has 0 fully saturated rings. The summed E-state index contributed by atoms with van der Waals surface area (Å²) < 4.78 is 13.2. The molecule has 1 aromatic rings. The van der Waals surface area contributed by atoms with E-state index in [4.69, 9.17) is 22.1 Å². The molecule has 0 heterocycles. The first kappa shape index (κ1) is 12.3. The van der Waals surface area contributed by atoms with E-state index in [0.29, 0.717) is 11.3 Å². The molecule has 0 N–H and O–H groups in total. The van der Waals surface area contributed by atoms with E-state index in [0.717, 1.165) is 0 Å². The maximum Gasteiger partial charge on any atom is 0.125 e. The molecule has 0 aromatic heterocycles. The van der Waals surface area contributed by atoms with E-state index in [9.17, 15) is 4.39 Å². The number of alkyl halides is 1. The molecule has 16 heavy (non-hydrogen) atoms. The number of nitriles is 2. The SMILES string of the molecule is N#CCN(CC#N)c1cc(F)cc(CCl)c1. The van der Waals surface area contributed by atoms with E-state index in [1.54, 1.807) is 6.07 Å². The summed E-state index contributed by atoms with van der Waals surface area (Å²) >= 11 is 5.61. The second-order valence-electron chi connectivity index (χ2n) is 3.12. The minimum absolute atomic E-state index is 0.0404. The molecule has 0 radical (unpaired) electrons. The molecule has 3 nitrogen and oxygen atoms in total. The summed E-state index contributed by atoms with van der Waals surface area (Å²) in [6, 6.07) is 8.14. The fourth-order valence-corrected chi connectivity index (χ4v) is 1.46. The first-order valence-electron chi connectivity index (χ1n) is 4.55. The summed E-state index contributed by atoms with van der Waals surface area (Å²) in [6.07, 6.45) is 0. The van der Waals surface area contributed by atoms with Crippen molar-refractivity contribution in [1.82, 2.24) is 0 Å². The van der Waals surface area contributed by atoms with E-state index in [2.05, 4.69) is 0 Å². The van der Waals surface area contributed by atoms with Crippen molar-refractivity contribution in [3.63, 3.8) is 0 Å². The van der Waals surface area contributed by atoms with E-state index in [1.807, 2.05) is 12.1 Å². The largest absolute Gasteiger partial charge is 0.345 e. The van der Waals surface area contributed by atoms with Crippen LogP contribution < -0.4 is 4.90 Å². The lowest BCUT2D eigenvalue weighted by molar-refractivity contribution is 0.626. The van der Waals surface area contributed by atoms with Crippen LogP contribution in [0, 0.1) is 28.5 Å². The van der Waals surface area contributed by atoms with Crippen molar-refractivity contribution in [3.8, 4) is 12.1 Å². The summed E-state index contributed by atoms with van der Waals surface area (Å²) in [5, 5.41) is 17.2. The highest BCUT2D eigenvalue weighted by Crippen LogP contribution is 2.19. The third-order valence-electron chi connectivity index (χ3n) is 1.98. The Balaban J connectivity index is 3.04. The van der Waals surface area contributed by atoms with Crippen LogP contribution in [0.4, 0.5) is 10.1 Å². The van der Waals surface area contributed by atoms with Crippen molar-refractivity contribution in [2.75, 3.05) is 18.0 Å². The summed E-state index contributed by atoms with van der Waals surface area (Å²) in [4.78, 5) is 1.49. The Hall–Kier alpha value is -1.78. The average molecular weight is 238 g/mol. The molecule has 5 heteroatoms. The van der Waals surface area contributed by atoms with Crippen molar-refractivity contribution in [1.29, 1.82) is 10.5 Å². The van der Waals surface area contributed by atoms with Gasteiger partial charge in [0.2, 0.25) is 0 Å². The molecule has 1 aromatic carbocycles. The van der Waals surface area contributed by atoms with Gasteiger partial charge in [-0.25, -0.2) is 4.39 Å². The Morgan fingerprint density at radius 3 is 2.31 bits per heavy atom. The van der Waals surface area contributed by atoms with Gasteiger partial charge < -0.3 is 4.90 Å². The lowest BCUT2D eigenvalue weighted by atomic mass is 10.2. The van der Waals surface area contributed by atoms with Crippen molar-refractivity contribution in [2.24, 2.45) is 0 Å². The minimum atomic E-state index is -0.422. The number of hydrogen-bond acceptors (Lipinski definition) is 3. The monoisotopic (exact) mass is 237 g/mol. The topological polar surface area (TPSA) is 50.8 Å². The van der Waals surface area contributed by atoms with Gasteiger partial charge >= 0.3 is 0 Å². The first-order chi connectivity index (χ1) is 7.71. The molecule has 0 bridgehead atoms. The van der Waals surface area contributed by atoms with Crippen molar-refractivity contribution in [2.45, 2.75) is 5.88 Å². The van der Waals surface area contributed by atoms with Gasteiger partial charge in [-0.05, 0) is 23.8 Å². The predicted molar refractivity (Wildman–Crippen MR) is 59.4 cm³/mol. The van der Waals surface area contributed by atoms with Crippen LogP contribution in [-0.2, 0) is 5.88 Å². The Morgan fingerprint density at radius 2 is 1.81 bits per heavy atom. The van der Waals surface area contributed by atoms with Crippen LogP contribution in [0.25, 0.3) is 0 Å². The maximum absolute atomic E-state index is 13.2. The smallest absolute Gasteiger partial charge is 0.125 e. The zero-order valence-corrected chi connectivity index (χ0v) is 9.21. The van der Waals surface area contributed by atoms with Crippen molar-refractivity contribution in [3.05, 3.63) is 29.6 Å². The second kappa shape index (κ2) is 5.95. The lowest BCUT2D eigenvalue weighted by Crippen LogP contribution is -2.23. The van der Waals surface area contributed by atoms with E-state index in [-0.39, 0.29) is 19.0 Å². The molecule has 0 spiro atoms. The highest BCUT2D eigenvalue weighted by molar-refractivity contribution is 6.17. The molecule has 82 valence electrons. The maximum atomic E-state index is 13.2. The molecule has 0 aliphatic heterocycles. The number of anilines is 1. The summed E-state index contributed by atoms with van der Waals surface area (Å²) in [7, 11) is 0. The Bertz CT molecular complexity index is 432. The Kier molecular flexibility index (Phi) is 4.57. The zero-order chi connectivity index (χ0) is 12.0. The summed E-state index contributed by atoms with van der Waals surface area (Å²) in [5.41, 5.74) is 1.12. The molecule has 0 aliphatic rings. The fourth-order valence-electron chi connectivity index (χ4n) is 1.30. The van der Waals surface area contributed by atoms with Crippen LogP contribution in [0.5, 0.6) is 0 Å². The van der Waals surface area contributed by atoms with E-state index < -0.39 is 5.82 Å². The van der Waals surface area contributed by atoms with E-state index >= 15 is 0 Å². The van der Waals surface area contributed by atoms with Gasteiger partial charge in [0.25, 0.3) is 0 Å². The van der Waals surface area contributed by atoms with Crippen LogP contribution in [-0.4, -0.2) is 13.1 Å². The van der Waals surface area contributed by atoms with Crippen LogP contribution in [0.2, 0.25) is 0 Å². The van der Waals surface area contributed by atoms with Crippen LogP contribution in [0.1, 0.15) is 5.56 Å². The molecule has 1 rings (SSSR count). The van der Waals surface area contributed by atoms with Gasteiger partial charge in [0.1, 0.15) is 18.9 Å². The van der Waals surface area contributed by atoms with Crippen LogP contribution in [0.15, 0.2) is 18.2 Å². The molecule has 0 amide bonds. The number of rotatable bonds is 4. The summed E-state index contributed by atoms with van der Waals surface area (Å²) in [5.74, 6) is -0.230. The molecule has 0 atom stereocenters. The first-order valence-corrected chi connectivity index (χ1v) is 5.09.